The lowest BCUT2D eigenvalue weighted by atomic mass is 10.1. The van der Waals surface area contributed by atoms with Gasteiger partial charge in [-0.1, -0.05) is 54.6 Å². The van der Waals surface area contributed by atoms with Crippen LogP contribution in [0.25, 0.3) is 0 Å². The number of carbonyl (C=O) groups is 2. The molecular formula is C24H33N3O4. The zero-order valence-corrected chi connectivity index (χ0v) is 18.5. The van der Waals surface area contributed by atoms with E-state index in [1.165, 1.54) is 0 Å². The molecule has 0 saturated carbocycles. The van der Waals surface area contributed by atoms with Crippen molar-refractivity contribution >= 4 is 12.0 Å². The monoisotopic (exact) mass is 427 g/mol. The van der Waals surface area contributed by atoms with Crippen molar-refractivity contribution in [1.82, 2.24) is 10.8 Å². The third-order valence-corrected chi connectivity index (χ3v) is 4.50. The minimum atomic E-state index is -0.779. The summed E-state index contributed by atoms with van der Waals surface area (Å²) in [6, 6.07) is 16.9. The van der Waals surface area contributed by atoms with Crippen molar-refractivity contribution in [2.45, 2.75) is 58.2 Å². The number of nitrogens with two attached hydrogens (primary N) is 1. The highest BCUT2D eigenvalue weighted by Gasteiger charge is 2.24. The van der Waals surface area contributed by atoms with Crippen LogP contribution in [0.1, 0.15) is 43.9 Å². The molecule has 4 N–H and O–H groups in total. The van der Waals surface area contributed by atoms with Crippen LogP contribution in [0.4, 0.5) is 4.79 Å². The van der Waals surface area contributed by atoms with Crippen molar-refractivity contribution < 1.29 is 19.2 Å². The van der Waals surface area contributed by atoms with Gasteiger partial charge in [0.2, 0.25) is 0 Å². The van der Waals surface area contributed by atoms with E-state index >= 15 is 0 Å². The maximum Gasteiger partial charge on any atom is 0.408 e. The van der Waals surface area contributed by atoms with Crippen molar-refractivity contribution in [3.05, 3.63) is 71.3 Å². The lowest BCUT2D eigenvalue weighted by Crippen LogP contribution is -2.48. The Morgan fingerprint density at radius 2 is 1.55 bits per heavy atom. The molecule has 0 heterocycles. The molecule has 0 bridgehead atoms. The Morgan fingerprint density at radius 3 is 2.16 bits per heavy atom. The second-order valence-electron chi connectivity index (χ2n) is 8.31. The second-order valence-corrected chi connectivity index (χ2v) is 8.31. The number of hydrogen-bond acceptors (Lipinski definition) is 5. The zero-order chi connectivity index (χ0) is 22.7. The van der Waals surface area contributed by atoms with Gasteiger partial charge in [0, 0.05) is 6.54 Å². The van der Waals surface area contributed by atoms with Gasteiger partial charge in [-0.05, 0) is 56.7 Å². The quantitative estimate of drug-likeness (QED) is 0.399. The van der Waals surface area contributed by atoms with E-state index in [0.717, 1.165) is 16.7 Å². The summed E-state index contributed by atoms with van der Waals surface area (Å²) < 4.78 is 5.29. The topological polar surface area (TPSA) is 103 Å². The standard InChI is InChI=1S/C24H33N3O4/c1-24(2,3)31-23(29)26-21(14-13-18-7-5-4-6-8-18)22(28)27-30-16-15-19-9-11-20(17-25)12-10-19/h4-12,21H,13-17,25H2,1-3H3,(H,26,29)(H,27,28). The van der Waals surface area contributed by atoms with Crippen molar-refractivity contribution in [2.24, 2.45) is 5.73 Å². The smallest absolute Gasteiger partial charge is 0.408 e. The van der Waals surface area contributed by atoms with Gasteiger partial charge in [0.25, 0.3) is 5.91 Å². The van der Waals surface area contributed by atoms with Crippen LogP contribution >= 0.6 is 0 Å². The molecule has 0 saturated heterocycles. The Hall–Kier alpha value is -2.90. The predicted molar refractivity (Wildman–Crippen MR) is 120 cm³/mol. The number of rotatable bonds is 10. The van der Waals surface area contributed by atoms with Crippen molar-refractivity contribution in [3.63, 3.8) is 0 Å². The lowest BCUT2D eigenvalue weighted by molar-refractivity contribution is -0.135. The fourth-order valence-electron chi connectivity index (χ4n) is 2.88. The first-order chi connectivity index (χ1) is 14.8. The lowest BCUT2D eigenvalue weighted by Gasteiger charge is -2.23. The maximum absolute atomic E-state index is 12.6. The molecule has 0 aliphatic carbocycles. The normalized spacial score (nSPS) is 12.1. The SMILES string of the molecule is CC(C)(C)OC(=O)NC(CCc1ccccc1)C(=O)NOCCc1ccc(CN)cc1. The average molecular weight is 428 g/mol. The van der Waals surface area contributed by atoms with Gasteiger partial charge in [-0.2, -0.15) is 0 Å². The highest BCUT2D eigenvalue weighted by Crippen LogP contribution is 2.10. The molecule has 0 aliphatic rings. The highest BCUT2D eigenvalue weighted by atomic mass is 16.7. The van der Waals surface area contributed by atoms with Crippen molar-refractivity contribution in [3.8, 4) is 0 Å². The van der Waals surface area contributed by atoms with E-state index in [1.807, 2.05) is 54.6 Å². The van der Waals surface area contributed by atoms with E-state index in [1.54, 1.807) is 20.8 Å². The van der Waals surface area contributed by atoms with Crippen LogP contribution in [0, 0.1) is 0 Å². The number of aryl methyl sites for hydroxylation is 1. The Bertz CT molecular complexity index is 817. The molecule has 0 radical (unpaired) electrons. The Balaban J connectivity index is 1.87. The van der Waals surface area contributed by atoms with Gasteiger partial charge in [-0.3, -0.25) is 9.63 Å². The molecule has 0 aromatic heterocycles. The van der Waals surface area contributed by atoms with Crippen LogP contribution < -0.4 is 16.5 Å². The number of hydroxylamine groups is 1. The number of benzene rings is 2. The number of hydrogen-bond donors (Lipinski definition) is 3. The molecule has 1 unspecified atom stereocenters. The molecule has 0 aliphatic heterocycles. The molecule has 2 aromatic rings. The molecule has 7 nitrogen and oxygen atoms in total. The molecule has 2 amide bonds. The third-order valence-electron chi connectivity index (χ3n) is 4.50. The first kappa shape index (κ1) is 24.4. The van der Waals surface area contributed by atoms with E-state index < -0.39 is 23.6 Å². The molecule has 31 heavy (non-hydrogen) atoms. The third kappa shape index (κ3) is 9.63. The van der Waals surface area contributed by atoms with E-state index in [-0.39, 0.29) is 0 Å². The van der Waals surface area contributed by atoms with E-state index in [4.69, 9.17) is 15.3 Å². The fourth-order valence-corrected chi connectivity index (χ4v) is 2.88. The summed E-state index contributed by atoms with van der Waals surface area (Å²) in [5.74, 6) is -0.416. The molecular weight excluding hydrogens is 394 g/mol. The average Bonchev–Trinajstić information content (AvgIpc) is 2.74. The van der Waals surface area contributed by atoms with Gasteiger partial charge in [0.05, 0.1) is 6.61 Å². The van der Waals surface area contributed by atoms with Crippen LogP contribution in [0.15, 0.2) is 54.6 Å². The first-order valence-corrected chi connectivity index (χ1v) is 10.5. The number of alkyl carbamates (subject to hydrolysis) is 1. The summed E-state index contributed by atoms with van der Waals surface area (Å²) in [7, 11) is 0. The van der Waals surface area contributed by atoms with Crippen molar-refractivity contribution in [1.29, 1.82) is 0 Å². The van der Waals surface area contributed by atoms with Gasteiger partial charge >= 0.3 is 6.09 Å². The molecule has 0 spiro atoms. The molecule has 2 aromatic carbocycles. The van der Waals surface area contributed by atoms with E-state index in [2.05, 4.69) is 10.8 Å². The fraction of sp³-hybridized carbons (Fsp3) is 0.417. The minimum absolute atomic E-state index is 0.311. The zero-order valence-electron chi connectivity index (χ0n) is 18.5. The first-order valence-electron chi connectivity index (χ1n) is 10.5. The van der Waals surface area contributed by atoms with E-state index in [9.17, 15) is 9.59 Å². The van der Waals surface area contributed by atoms with Crippen LogP contribution in [-0.4, -0.2) is 30.3 Å². The molecule has 168 valence electrons. The van der Waals surface area contributed by atoms with Crippen LogP contribution in [0.5, 0.6) is 0 Å². The summed E-state index contributed by atoms with van der Waals surface area (Å²) in [5.41, 5.74) is 10.6. The summed E-state index contributed by atoms with van der Waals surface area (Å²) in [5, 5.41) is 2.65. The summed E-state index contributed by atoms with van der Waals surface area (Å²) >= 11 is 0. The van der Waals surface area contributed by atoms with Crippen molar-refractivity contribution in [2.75, 3.05) is 6.61 Å². The minimum Gasteiger partial charge on any atom is -0.444 e. The van der Waals surface area contributed by atoms with E-state index in [0.29, 0.717) is 32.4 Å². The van der Waals surface area contributed by atoms with Gasteiger partial charge in [0.1, 0.15) is 11.6 Å². The van der Waals surface area contributed by atoms with Gasteiger partial charge < -0.3 is 15.8 Å². The summed E-state index contributed by atoms with van der Waals surface area (Å²) in [6.45, 7) is 6.13. The maximum atomic E-state index is 12.6. The highest BCUT2D eigenvalue weighted by molar-refractivity contribution is 5.84. The Morgan fingerprint density at radius 1 is 0.935 bits per heavy atom. The molecule has 1 atom stereocenters. The van der Waals surface area contributed by atoms with Crippen LogP contribution in [0.2, 0.25) is 0 Å². The number of carbonyl (C=O) groups excluding carboxylic acids is 2. The number of nitrogens with one attached hydrogen (secondary N) is 2. The molecule has 0 fully saturated rings. The Labute approximate surface area is 184 Å². The number of amides is 2. The van der Waals surface area contributed by atoms with Gasteiger partial charge in [-0.25, -0.2) is 10.3 Å². The Kier molecular flexibility index (Phi) is 9.49. The predicted octanol–water partition coefficient (Wildman–Crippen LogP) is 3.26. The second kappa shape index (κ2) is 12.1. The van der Waals surface area contributed by atoms with Crippen LogP contribution in [-0.2, 0) is 33.8 Å². The number of ether oxygens (including phenoxy) is 1. The molecule has 7 heteroatoms. The molecule has 2 rings (SSSR count). The van der Waals surface area contributed by atoms with Crippen LogP contribution in [0.3, 0.4) is 0 Å². The summed E-state index contributed by atoms with van der Waals surface area (Å²) in [6.07, 6.45) is 1.04. The summed E-state index contributed by atoms with van der Waals surface area (Å²) in [4.78, 5) is 30.2. The van der Waals surface area contributed by atoms with Gasteiger partial charge in [-0.15, -0.1) is 0 Å². The largest absolute Gasteiger partial charge is 0.444 e. The van der Waals surface area contributed by atoms with Gasteiger partial charge in [0.15, 0.2) is 0 Å².